The van der Waals surface area contributed by atoms with Crippen LogP contribution in [0.25, 0.3) is 0 Å². The smallest absolute Gasteiger partial charge is 0.293 e. The average Bonchev–Trinajstić information content (AvgIpc) is 2.61. The minimum absolute atomic E-state index is 0.00730. The fourth-order valence-electron chi connectivity index (χ4n) is 3.20. The predicted octanol–water partition coefficient (Wildman–Crippen LogP) is 0.502. The highest BCUT2D eigenvalue weighted by Gasteiger charge is 2.23. The number of nitro groups is 1. The molecule has 1 aromatic rings. The van der Waals surface area contributed by atoms with Gasteiger partial charge in [-0.2, -0.15) is 0 Å². The molecule has 0 aromatic heterocycles. The lowest BCUT2D eigenvalue weighted by atomic mass is 9.98. The second-order valence-corrected chi connectivity index (χ2v) is 8.12. The molecule has 1 aromatic carbocycles. The molecule has 0 bridgehead atoms. The molecular formula is C16H25N5O5S. The van der Waals surface area contributed by atoms with E-state index in [0.29, 0.717) is 12.5 Å². The van der Waals surface area contributed by atoms with Crippen LogP contribution in [0.2, 0.25) is 0 Å². The minimum Gasteiger partial charge on any atom is -0.379 e. The van der Waals surface area contributed by atoms with Crippen molar-refractivity contribution in [3.8, 4) is 0 Å². The highest BCUT2D eigenvalue weighted by atomic mass is 32.2. The van der Waals surface area contributed by atoms with Crippen LogP contribution < -0.4 is 15.8 Å². The molecule has 150 valence electrons. The van der Waals surface area contributed by atoms with Crippen LogP contribution in [0.4, 0.5) is 11.4 Å². The van der Waals surface area contributed by atoms with E-state index in [1.165, 1.54) is 12.1 Å². The van der Waals surface area contributed by atoms with E-state index in [1.807, 2.05) is 11.9 Å². The number of sulfonamides is 1. The quantitative estimate of drug-likeness (QED) is 0.426. The van der Waals surface area contributed by atoms with E-state index in [2.05, 4.69) is 10.6 Å². The Bertz CT molecular complexity index is 796. The van der Waals surface area contributed by atoms with E-state index in [-0.39, 0.29) is 29.5 Å². The van der Waals surface area contributed by atoms with Crippen LogP contribution in [0.1, 0.15) is 19.3 Å². The Morgan fingerprint density at radius 3 is 2.81 bits per heavy atom. The number of hydrogen-bond donors (Lipinski definition) is 3. The summed E-state index contributed by atoms with van der Waals surface area (Å²) in [6.45, 7) is 2.51. The van der Waals surface area contributed by atoms with Gasteiger partial charge < -0.3 is 15.5 Å². The Morgan fingerprint density at radius 2 is 2.19 bits per heavy atom. The normalized spacial score (nSPS) is 17.6. The lowest BCUT2D eigenvalue weighted by Gasteiger charge is -2.32. The van der Waals surface area contributed by atoms with Crippen molar-refractivity contribution in [1.29, 1.82) is 0 Å². The van der Waals surface area contributed by atoms with Crippen LogP contribution in [-0.4, -0.2) is 57.4 Å². The number of anilines is 1. The molecule has 1 aliphatic rings. The van der Waals surface area contributed by atoms with E-state index in [0.717, 1.165) is 32.0 Å². The van der Waals surface area contributed by atoms with Gasteiger partial charge in [-0.3, -0.25) is 14.9 Å². The standard InChI is InChI=1S/C16H25N5O5S/c1-18-10-12-3-2-8-20(11-12)16(22)6-7-19-14-5-4-13(27(17,25)26)9-15(14)21(23)24/h4-5,9,12,18-19H,2-3,6-8,10-11H2,1H3,(H2,17,25,26). The Labute approximate surface area is 158 Å². The fourth-order valence-corrected chi connectivity index (χ4v) is 3.73. The SMILES string of the molecule is CNCC1CCCN(C(=O)CCNc2ccc(S(N)(=O)=O)cc2[N+](=O)[O-])C1. The molecule has 0 radical (unpaired) electrons. The Kier molecular flexibility index (Phi) is 7.11. The number of nitro benzene ring substituents is 1. The lowest BCUT2D eigenvalue weighted by molar-refractivity contribution is -0.384. The number of nitrogens with zero attached hydrogens (tertiary/aromatic N) is 2. The molecule has 11 heteroatoms. The van der Waals surface area contributed by atoms with Crippen LogP contribution in [0.15, 0.2) is 23.1 Å². The van der Waals surface area contributed by atoms with Crippen LogP contribution in [0, 0.1) is 16.0 Å². The van der Waals surface area contributed by atoms with E-state index >= 15 is 0 Å². The molecule has 1 atom stereocenters. The highest BCUT2D eigenvalue weighted by molar-refractivity contribution is 7.89. The van der Waals surface area contributed by atoms with Crippen molar-refractivity contribution in [2.45, 2.75) is 24.2 Å². The molecule has 1 amide bonds. The number of rotatable bonds is 8. The van der Waals surface area contributed by atoms with Crippen molar-refractivity contribution >= 4 is 27.3 Å². The molecule has 1 unspecified atom stereocenters. The first kappa shape index (κ1) is 21.1. The maximum Gasteiger partial charge on any atom is 0.293 e. The number of carbonyl (C=O) groups excluding carboxylic acids is 1. The van der Waals surface area contributed by atoms with Gasteiger partial charge in [0.15, 0.2) is 0 Å². The third kappa shape index (κ3) is 5.88. The van der Waals surface area contributed by atoms with E-state index in [1.54, 1.807) is 0 Å². The maximum atomic E-state index is 12.4. The van der Waals surface area contributed by atoms with E-state index in [4.69, 9.17) is 5.14 Å². The number of amides is 1. The minimum atomic E-state index is -4.03. The summed E-state index contributed by atoms with van der Waals surface area (Å²) in [7, 11) is -2.14. The number of hydrogen-bond acceptors (Lipinski definition) is 7. The summed E-state index contributed by atoms with van der Waals surface area (Å²) >= 11 is 0. The van der Waals surface area contributed by atoms with Gasteiger partial charge in [-0.05, 0) is 44.5 Å². The van der Waals surface area contributed by atoms with Crippen molar-refractivity contribution in [3.05, 3.63) is 28.3 Å². The second kappa shape index (κ2) is 9.11. The summed E-state index contributed by atoms with van der Waals surface area (Å²) in [6.07, 6.45) is 2.25. The number of likely N-dealkylation sites (tertiary alicyclic amines) is 1. The highest BCUT2D eigenvalue weighted by Crippen LogP contribution is 2.27. The average molecular weight is 399 g/mol. The summed E-state index contributed by atoms with van der Waals surface area (Å²) in [4.78, 5) is 24.4. The fraction of sp³-hybridized carbons (Fsp3) is 0.562. The van der Waals surface area contributed by atoms with Gasteiger partial charge in [-0.1, -0.05) is 0 Å². The Balaban J connectivity index is 1.96. The molecule has 1 saturated heterocycles. The van der Waals surface area contributed by atoms with Gasteiger partial charge in [0.2, 0.25) is 15.9 Å². The molecule has 0 spiro atoms. The van der Waals surface area contributed by atoms with Crippen LogP contribution in [0.3, 0.4) is 0 Å². The van der Waals surface area contributed by atoms with Crippen molar-refractivity contribution < 1.29 is 18.1 Å². The molecule has 1 aliphatic heterocycles. The van der Waals surface area contributed by atoms with E-state index < -0.39 is 20.6 Å². The summed E-state index contributed by atoms with van der Waals surface area (Å²) in [5.41, 5.74) is -0.257. The van der Waals surface area contributed by atoms with Gasteiger partial charge in [-0.15, -0.1) is 0 Å². The Hall–Kier alpha value is -2.24. The Morgan fingerprint density at radius 1 is 1.44 bits per heavy atom. The zero-order chi connectivity index (χ0) is 20.0. The molecule has 27 heavy (non-hydrogen) atoms. The van der Waals surface area contributed by atoms with Crippen LogP contribution in [0.5, 0.6) is 0 Å². The van der Waals surface area contributed by atoms with Crippen molar-refractivity contribution in [3.63, 3.8) is 0 Å². The molecule has 0 saturated carbocycles. The van der Waals surface area contributed by atoms with Gasteiger partial charge in [0.1, 0.15) is 5.69 Å². The molecule has 2 rings (SSSR count). The monoisotopic (exact) mass is 399 g/mol. The molecule has 0 aliphatic carbocycles. The summed E-state index contributed by atoms with van der Waals surface area (Å²) in [5, 5.41) is 22.2. The summed E-state index contributed by atoms with van der Waals surface area (Å²) in [5.74, 6) is 0.430. The van der Waals surface area contributed by atoms with Crippen LogP contribution >= 0.6 is 0 Å². The zero-order valence-electron chi connectivity index (χ0n) is 15.2. The lowest BCUT2D eigenvalue weighted by Crippen LogP contribution is -2.42. The first-order chi connectivity index (χ1) is 12.7. The topological polar surface area (TPSA) is 148 Å². The molecule has 4 N–H and O–H groups in total. The first-order valence-electron chi connectivity index (χ1n) is 8.70. The van der Waals surface area contributed by atoms with Crippen LogP contribution in [-0.2, 0) is 14.8 Å². The van der Waals surface area contributed by atoms with Gasteiger partial charge in [0.05, 0.1) is 9.82 Å². The van der Waals surface area contributed by atoms with Crippen molar-refractivity contribution in [2.75, 3.05) is 38.5 Å². The third-order valence-corrected chi connectivity index (χ3v) is 5.42. The number of primary sulfonamides is 1. The van der Waals surface area contributed by atoms with Gasteiger partial charge in [0.25, 0.3) is 5.69 Å². The summed E-state index contributed by atoms with van der Waals surface area (Å²) in [6, 6.07) is 3.39. The number of benzene rings is 1. The molecular weight excluding hydrogens is 374 g/mol. The number of nitrogens with two attached hydrogens (primary N) is 1. The molecule has 10 nitrogen and oxygen atoms in total. The van der Waals surface area contributed by atoms with Gasteiger partial charge in [0, 0.05) is 32.1 Å². The zero-order valence-corrected chi connectivity index (χ0v) is 16.0. The number of piperidine rings is 1. The van der Waals surface area contributed by atoms with Gasteiger partial charge >= 0.3 is 0 Å². The second-order valence-electron chi connectivity index (χ2n) is 6.56. The third-order valence-electron chi connectivity index (χ3n) is 4.51. The summed E-state index contributed by atoms with van der Waals surface area (Å²) < 4.78 is 22.7. The molecule has 1 fully saturated rings. The first-order valence-corrected chi connectivity index (χ1v) is 10.2. The number of nitrogens with one attached hydrogen (secondary N) is 2. The largest absolute Gasteiger partial charge is 0.379 e. The number of carbonyl (C=O) groups is 1. The van der Waals surface area contributed by atoms with Crippen molar-refractivity contribution in [1.82, 2.24) is 10.2 Å². The maximum absolute atomic E-state index is 12.4. The van der Waals surface area contributed by atoms with Gasteiger partial charge in [-0.25, -0.2) is 13.6 Å². The predicted molar refractivity (Wildman–Crippen MR) is 101 cm³/mol. The van der Waals surface area contributed by atoms with E-state index in [9.17, 15) is 23.3 Å². The molecule has 1 heterocycles. The van der Waals surface area contributed by atoms with Crippen molar-refractivity contribution in [2.24, 2.45) is 11.1 Å².